The predicted molar refractivity (Wildman–Crippen MR) is 256 cm³/mol. The van der Waals surface area contributed by atoms with Gasteiger partial charge in [0.25, 0.3) is 0 Å². The predicted octanol–water partition coefficient (Wildman–Crippen LogP) is 8.45. The summed E-state index contributed by atoms with van der Waals surface area (Å²) in [4.78, 5) is 61.8. The molecule has 388 valence electrons. The quantitative estimate of drug-likeness (QED) is 0.0137. The van der Waals surface area contributed by atoms with Gasteiger partial charge in [-0.1, -0.05) is 128 Å². The fourth-order valence-corrected chi connectivity index (χ4v) is 9.43. The molecule has 1 aromatic heterocycles. The van der Waals surface area contributed by atoms with E-state index < -0.39 is 83.7 Å². The average molecular weight is 1000 g/mol. The molecule has 0 amide bonds. The third-order valence-corrected chi connectivity index (χ3v) is 14.3. The van der Waals surface area contributed by atoms with Gasteiger partial charge in [0.2, 0.25) is 0 Å². The Morgan fingerprint density at radius 1 is 0.779 bits per heavy atom. The summed E-state index contributed by atoms with van der Waals surface area (Å²) in [5, 5.41) is 20.9. The topological polar surface area (TPSA) is 278 Å². The summed E-state index contributed by atoms with van der Waals surface area (Å²) < 4.78 is 62.4. The van der Waals surface area contributed by atoms with Gasteiger partial charge in [0.05, 0.1) is 25.4 Å². The second kappa shape index (κ2) is 32.8. The number of carbonyl (C=O) groups is 2. The Labute approximate surface area is 402 Å². The summed E-state index contributed by atoms with van der Waals surface area (Å²) in [5.41, 5.74) is 4.58. The fourth-order valence-electron chi connectivity index (χ4n) is 7.32. The number of aliphatic hydroxyl groups excluding tert-OH is 2. The number of epoxide rings is 1. The Kier molecular flexibility index (Phi) is 28.5. The molecule has 10 atom stereocenters. The first-order valence-corrected chi connectivity index (χ1v) is 27.5. The molecule has 2 saturated heterocycles. The van der Waals surface area contributed by atoms with Crippen LogP contribution in [0.15, 0.2) is 53.5 Å². The van der Waals surface area contributed by atoms with Gasteiger partial charge in [0.15, 0.2) is 12.3 Å². The summed E-state index contributed by atoms with van der Waals surface area (Å²) in [5.74, 6) is -0.614. The number of phosphoric acid groups is 2. The number of ether oxygens (including phenoxy) is 4. The number of phosphoric ester groups is 2. The van der Waals surface area contributed by atoms with E-state index in [0.717, 1.165) is 68.0 Å². The van der Waals surface area contributed by atoms with E-state index in [4.69, 9.17) is 33.7 Å². The lowest BCUT2D eigenvalue weighted by Crippen LogP contribution is -2.36. The van der Waals surface area contributed by atoms with Gasteiger partial charge in [-0.3, -0.25) is 23.2 Å². The zero-order valence-corrected chi connectivity index (χ0v) is 42.1. The lowest BCUT2D eigenvalue weighted by molar-refractivity contribution is -0.161. The molecule has 1 aromatic rings. The third-order valence-electron chi connectivity index (χ3n) is 11.7. The normalized spacial score (nSPS) is 23.2. The number of aromatic nitrogens is 2. The maximum absolute atomic E-state index is 12.8. The van der Waals surface area contributed by atoms with Crippen LogP contribution in [-0.2, 0) is 51.0 Å². The number of hydrogen-bond acceptors (Lipinski definition) is 16. The first kappa shape index (κ1) is 59.2. The highest BCUT2D eigenvalue weighted by atomic mass is 31.3. The first-order chi connectivity index (χ1) is 32.5. The molecule has 2 fully saturated rings. The van der Waals surface area contributed by atoms with Crippen LogP contribution in [0.3, 0.4) is 0 Å². The van der Waals surface area contributed by atoms with Crippen molar-refractivity contribution in [1.82, 2.24) is 9.55 Å². The van der Waals surface area contributed by atoms with Crippen LogP contribution < -0.4 is 11.4 Å². The Morgan fingerprint density at radius 2 is 1.40 bits per heavy atom. The van der Waals surface area contributed by atoms with Crippen LogP contribution in [0.5, 0.6) is 0 Å². The average Bonchev–Trinajstić information content (AvgIpc) is 3.98. The van der Waals surface area contributed by atoms with E-state index in [1.165, 1.54) is 57.4 Å². The standard InChI is InChI=1S/C47H79N3O16P2/c1-4-6-7-8-17-22-27-38-39(64-38)28-23-18-13-11-15-19-24-29-42(51)60-33-37(63-43(52)30-25-20-14-10-9-12-16-21-26-36(3)5-2)34-61-67(56,57)66-68(58,59)62-35-40-44(53)45(54)46(65-40)50-32-31-41(48)49-47(50)55/h11,15,17-18,22-23,31-32,36-40,44-46,53-54H,4-10,12-14,16,19-21,24-30,33-35H2,1-3H3,(H,56,57)(H,58,59)(H2,48,49,55)/b15-11-,22-17-,23-18-/t36?,37-,38?,39?,40-,44-,45-,46-/m1/s1. The van der Waals surface area contributed by atoms with Crippen molar-refractivity contribution in [2.75, 3.05) is 25.6 Å². The molecule has 3 rings (SSSR count). The van der Waals surface area contributed by atoms with Gasteiger partial charge in [-0.05, 0) is 63.4 Å². The minimum absolute atomic E-state index is 0.0354. The van der Waals surface area contributed by atoms with Crippen LogP contribution in [0.2, 0.25) is 0 Å². The monoisotopic (exact) mass is 1000 g/mol. The van der Waals surface area contributed by atoms with Crippen molar-refractivity contribution in [1.29, 1.82) is 0 Å². The molecule has 21 heteroatoms. The second-order valence-corrected chi connectivity index (χ2v) is 20.6. The van der Waals surface area contributed by atoms with Crippen LogP contribution in [0.4, 0.5) is 5.82 Å². The van der Waals surface area contributed by atoms with E-state index in [9.17, 15) is 43.5 Å². The van der Waals surface area contributed by atoms with Crippen LogP contribution in [0, 0.1) is 5.92 Å². The summed E-state index contributed by atoms with van der Waals surface area (Å²) in [6, 6.07) is 1.24. The van der Waals surface area contributed by atoms with Crippen molar-refractivity contribution >= 4 is 33.4 Å². The zero-order valence-electron chi connectivity index (χ0n) is 40.3. The molecule has 0 spiro atoms. The number of nitrogen functional groups attached to an aromatic ring is 1. The van der Waals surface area contributed by atoms with Crippen molar-refractivity contribution in [3.63, 3.8) is 0 Å². The van der Waals surface area contributed by atoms with E-state index in [2.05, 4.69) is 54.4 Å². The minimum Gasteiger partial charge on any atom is -0.462 e. The number of rotatable bonds is 38. The van der Waals surface area contributed by atoms with Crippen molar-refractivity contribution in [3.8, 4) is 0 Å². The van der Waals surface area contributed by atoms with Gasteiger partial charge in [0.1, 0.15) is 30.7 Å². The number of aliphatic hydroxyl groups is 2. The van der Waals surface area contributed by atoms with Gasteiger partial charge in [-0.15, -0.1) is 0 Å². The Morgan fingerprint density at radius 3 is 2.09 bits per heavy atom. The van der Waals surface area contributed by atoms with Gasteiger partial charge in [0, 0.05) is 19.0 Å². The first-order valence-electron chi connectivity index (χ1n) is 24.5. The Hall–Kier alpha value is -3.06. The molecule has 2 aliphatic heterocycles. The molecular formula is C47H79N3O16P2. The third kappa shape index (κ3) is 25.2. The largest absolute Gasteiger partial charge is 0.481 e. The van der Waals surface area contributed by atoms with Gasteiger partial charge in [-0.2, -0.15) is 9.29 Å². The number of allylic oxidation sites excluding steroid dienone is 4. The molecule has 0 radical (unpaired) electrons. The molecule has 0 bridgehead atoms. The van der Waals surface area contributed by atoms with Crippen molar-refractivity contribution in [2.24, 2.45) is 5.92 Å². The van der Waals surface area contributed by atoms with Crippen molar-refractivity contribution in [2.45, 2.75) is 198 Å². The van der Waals surface area contributed by atoms with E-state index >= 15 is 0 Å². The highest BCUT2D eigenvalue weighted by molar-refractivity contribution is 7.61. The molecule has 68 heavy (non-hydrogen) atoms. The van der Waals surface area contributed by atoms with Crippen LogP contribution in [-0.4, -0.2) is 97.9 Å². The number of anilines is 1. The Bertz CT molecular complexity index is 1860. The minimum atomic E-state index is -5.43. The molecule has 6 N–H and O–H groups in total. The molecule has 3 heterocycles. The summed E-state index contributed by atoms with van der Waals surface area (Å²) >= 11 is 0. The lowest BCUT2D eigenvalue weighted by Gasteiger charge is -2.21. The number of esters is 2. The number of nitrogens with zero attached hydrogens (tertiary/aromatic N) is 2. The van der Waals surface area contributed by atoms with Crippen molar-refractivity contribution in [3.05, 3.63) is 59.2 Å². The molecule has 19 nitrogen and oxygen atoms in total. The lowest BCUT2D eigenvalue weighted by atomic mass is 9.99. The molecule has 0 saturated carbocycles. The molecule has 0 aliphatic carbocycles. The van der Waals surface area contributed by atoms with Crippen molar-refractivity contribution < 1.29 is 71.0 Å². The molecule has 5 unspecified atom stereocenters. The van der Waals surface area contributed by atoms with E-state index in [-0.39, 0.29) is 24.8 Å². The number of hydrogen-bond donors (Lipinski definition) is 5. The summed E-state index contributed by atoms with van der Waals surface area (Å²) in [7, 11) is -10.9. The fraction of sp³-hybridized carbons (Fsp3) is 0.745. The molecule has 2 aliphatic rings. The van der Waals surface area contributed by atoms with Crippen LogP contribution in [0.1, 0.15) is 162 Å². The molecular weight excluding hydrogens is 924 g/mol. The summed E-state index contributed by atoms with van der Waals surface area (Å²) in [6.45, 7) is 4.33. The number of carbonyl (C=O) groups excluding carboxylic acids is 2. The van der Waals surface area contributed by atoms with Gasteiger partial charge in [-0.25, -0.2) is 13.9 Å². The Balaban J connectivity index is 1.42. The zero-order chi connectivity index (χ0) is 49.8. The van der Waals surface area contributed by atoms with Gasteiger partial charge < -0.3 is 44.7 Å². The number of unbranched alkanes of at least 4 members (excludes halogenated alkanes) is 11. The van der Waals surface area contributed by atoms with Crippen LogP contribution >= 0.6 is 15.6 Å². The highest BCUT2D eigenvalue weighted by Gasteiger charge is 2.46. The maximum atomic E-state index is 12.8. The van der Waals surface area contributed by atoms with E-state index in [1.807, 2.05) is 12.2 Å². The maximum Gasteiger partial charge on any atom is 0.481 e. The highest BCUT2D eigenvalue weighted by Crippen LogP contribution is 2.60. The van der Waals surface area contributed by atoms with Crippen LogP contribution in [0.25, 0.3) is 0 Å². The van der Waals surface area contributed by atoms with E-state index in [0.29, 0.717) is 25.4 Å². The second-order valence-electron chi connectivity index (χ2n) is 17.6. The van der Waals surface area contributed by atoms with E-state index in [1.54, 1.807) is 0 Å². The number of nitrogens with two attached hydrogens (primary N) is 1. The SMILES string of the molecule is CCCCC/C=C\CC1OC1C/C=C\C/C=C\CCCC(=O)OC[C@H](COP(=O)(O)OP(=O)(O)OC[C@H]1O[C@@H](n2ccc(N)nc2=O)[C@H](O)[C@@H]1O)OC(=O)CCCCCCCCCCC(C)CC. The smallest absolute Gasteiger partial charge is 0.462 e. The summed E-state index contributed by atoms with van der Waals surface area (Å²) in [6.07, 6.45) is 25.7. The van der Waals surface area contributed by atoms with Gasteiger partial charge >= 0.3 is 33.3 Å². The molecule has 0 aromatic carbocycles.